The van der Waals surface area contributed by atoms with Crippen molar-refractivity contribution in [1.29, 1.82) is 0 Å². The average molecular weight is 447 g/mol. The Kier molecular flexibility index (Phi) is 3.94. The minimum atomic E-state index is 0.720. The van der Waals surface area contributed by atoms with Gasteiger partial charge in [-0.3, -0.25) is 0 Å². The van der Waals surface area contributed by atoms with Crippen LogP contribution in [0.1, 0.15) is 22.3 Å². The number of rotatable bonds is 2. The first-order valence-corrected chi connectivity index (χ1v) is 12.2. The molecule has 6 rings (SSSR count). The van der Waals surface area contributed by atoms with Crippen molar-refractivity contribution in [1.82, 2.24) is 9.97 Å². The highest BCUT2D eigenvalue weighted by Crippen LogP contribution is 2.49. The van der Waals surface area contributed by atoms with Crippen LogP contribution in [0.5, 0.6) is 0 Å². The normalized spacial score (nSPS) is 12.0. The number of nitrogens with zero attached hydrogens (tertiary/aromatic N) is 2. The maximum Gasteiger partial charge on any atom is 0.237 e. The van der Waals surface area contributed by atoms with Gasteiger partial charge in [0.1, 0.15) is 10.5 Å². The van der Waals surface area contributed by atoms with Crippen LogP contribution >= 0.6 is 34.0 Å². The molecule has 0 saturated heterocycles. The summed E-state index contributed by atoms with van der Waals surface area (Å²) >= 11 is 5.40. The molecule has 0 saturated carbocycles. The molecule has 0 fully saturated rings. The monoisotopic (exact) mass is 446 g/mol. The van der Waals surface area contributed by atoms with Gasteiger partial charge < -0.3 is 4.42 Å². The van der Waals surface area contributed by atoms with Crippen molar-refractivity contribution >= 4 is 64.7 Å². The minimum absolute atomic E-state index is 0.720. The fourth-order valence-corrected chi connectivity index (χ4v) is 7.73. The van der Waals surface area contributed by atoms with E-state index in [-0.39, 0.29) is 0 Å². The van der Waals surface area contributed by atoms with Gasteiger partial charge in [0.05, 0.1) is 20.0 Å². The number of hydrogen-bond donors (Lipinski definition) is 0. The zero-order chi connectivity index (χ0) is 20.6. The van der Waals surface area contributed by atoms with Crippen molar-refractivity contribution in [2.75, 3.05) is 0 Å². The number of fused-ring (bicyclic) bond motifs is 3. The van der Waals surface area contributed by atoms with Gasteiger partial charge in [0.2, 0.25) is 5.89 Å². The smallest absolute Gasteiger partial charge is 0.237 e. The first-order chi connectivity index (χ1) is 14.5. The average Bonchev–Trinajstić information content (AvgIpc) is 3.45. The number of thiophene rings is 2. The Morgan fingerprint density at radius 1 is 0.700 bits per heavy atom. The molecule has 0 amide bonds. The Bertz CT molecular complexity index is 1480. The van der Waals surface area contributed by atoms with E-state index < -0.39 is 0 Å². The lowest BCUT2D eigenvalue weighted by Gasteiger charge is -1.95. The van der Waals surface area contributed by atoms with Gasteiger partial charge in [-0.05, 0) is 74.2 Å². The molecule has 6 heteroatoms. The zero-order valence-corrected chi connectivity index (χ0v) is 19.4. The molecule has 0 aliphatic heterocycles. The molecule has 0 bridgehead atoms. The summed E-state index contributed by atoms with van der Waals surface area (Å²) in [6.45, 7) is 8.59. The van der Waals surface area contributed by atoms with Gasteiger partial charge in [-0.1, -0.05) is 12.1 Å². The second-order valence-corrected chi connectivity index (χ2v) is 10.8. The molecule has 0 spiro atoms. The Hall–Kier alpha value is -2.54. The minimum Gasteiger partial charge on any atom is -0.435 e. The second-order valence-electron chi connectivity index (χ2n) is 7.75. The molecule has 6 aromatic rings. The van der Waals surface area contributed by atoms with Gasteiger partial charge in [0.15, 0.2) is 5.58 Å². The lowest BCUT2D eigenvalue weighted by Crippen LogP contribution is -1.76. The SMILES string of the molecule is Cc1ccc2nc(-c3sc4c(C)c(-c5nc6ccc(C)cc6s5)sc4c3C)oc2c1. The van der Waals surface area contributed by atoms with Crippen LogP contribution in [0.2, 0.25) is 0 Å². The zero-order valence-electron chi connectivity index (χ0n) is 17.0. The van der Waals surface area contributed by atoms with Gasteiger partial charge in [-0.15, -0.1) is 34.0 Å². The van der Waals surface area contributed by atoms with Crippen LogP contribution in [0.4, 0.5) is 0 Å². The van der Waals surface area contributed by atoms with E-state index >= 15 is 0 Å². The molecule has 0 aliphatic carbocycles. The van der Waals surface area contributed by atoms with Crippen molar-refractivity contribution in [3.8, 4) is 20.7 Å². The molecule has 0 N–H and O–H groups in total. The van der Waals surface area contributed by atoms with Crippen molar-refractivity contribution in [2.24, 2.45) is 0 Å². The number of hydrogen-bond acceptors (Lipinski definition) is 6. The predicted molar refractivity (Wildman–Crippen MR) is 130 cm³/mol. The predicted octanol–water partition coefficient (Wildman–Crippen LogP) is 8.28. The third-order valence-electron chi connectivity index (χ3n) is 5.45. The highest BCUT2D eigenvalue weighted by atomic mass is 32.1. The van der Waals surface area contributed by atoms with Gasteiger partial charge in [-0.25, -0.2) is 9.97 Å². The van der Waals surface area contributed by atoms with Crippen LogP contribution in [0.25, 0.3) is 51.4 Å². The number of benzene rings is 2. The number of thiazole rings is 1. The van der Waals surface area contributed by atoms with Crippen LogP contribution < -0.4 is 0 Å². The molecule has 2 aromatic carbocycles. The standard InChI is InChI=1S/C24H18N2OS3/c1-11-5-7-15-17(9-11)27-23(25-15)21-13(3)19-20(29-21)14(4)22(30-19)24-26-16-8-6-12(2)10-18(16)28-24/h5-10H,1-4H3. The molecule has 30 heavy (non-hydrogen) atoms. The van der Waals surface area contributed by atoms with Crippen LogP contribution in [0.3, 0.4) is 0 Å². The van der Waals surface area contributed by atoms with Gasteiger partial charge in [-0.2, -0.15) is 0 Å². The first kappa shape index (κ1) is 18.2. The maximum atomic E-state index is 6.11. The van der Waals surface area contributed by atoms with Crippen LogP contribution in [0.15, 0.2) is 40.8 Å². The molecule has 4 heterocycles. The van der Waals surface area contributed by atoms with Gasteiger partial charge in [0, 0.05) is 9.40 Å². The number of aryl methyl sites for hydroxylation is 4. The summed E-state index contributed by atoms with van der Waals surface area (Å²) in [5.41, 5.74) is 7.84. The lowest BCUT2D eigenvalue weighted by molar-refractivity contribution is 0.621. The largest absolute Gasteiger partial charge is 0.435 e. The summed E-state index contributed by atoms with van der Waals surface area (Å²) in [7, 11) is 0. The Labute approximate surface area is 185 Å². The quantitative estimate of drug-likeness (QED) is 0.268. The van der Waals surface area contributed by atoms with E-state index in [1.165, 1.54) is 41.2 Å². The second kappa shape index (κ2) is 6.48. The first-order valence-electron chi connectivity index (χ1n) is 9.75. The third-order valence-corrected chi connectivity index (χ3v) is 9.56. The van der Waals surface area contributed by atoms with Crippen LogP contribution in [0, 0.1) is 27.7 Å². The molecule has 0 radical (unpaired) electrons. The maximum absolute atomic E-state index is 6.11. The molecule has 0 unspecified atom stereocenters. The van der Waals surface area contributed by atoms with Crippen LogP contribution in [-0.4, -0.2) is 9.97 Å². The van der Waals surface area contributed by atoms with E-state index in [0.29, 0.717) is 0 Å². The van der Waals surface area contributed by atoms with Crippen molar-refractivity contribution in [2.45, 2.75) is 27.7 Å². The molecule has 148 valence electrons. The van der Waals surface area contributed by atoms with Gasteiger partial charge in [0.25, 0.3) is 0 Å². The summed E-state index contributed by atoms with van der Waals surface area (Å²) in [6.07, 6.45) is 0. The fraction of sp³-hybridized carbons (Fsp3) is 0.167. The highest BCUT2D eigenvalue weighted by Gasteiger charge is 2.22. The van der Waals surface area contributed by atoms with Crippen molar-refractivity contribution in [3.63, 3.8) is 0 Å². The molecule has 0 atom stereocenters. The molecule has 0 aliphatic rings. The third kappa shape index (κ3) is 2.68. The fourth-order valence-electron chi connectivity index (χ4n) is 3.82. The van der Waals surface area contributed by atoms with Gasteiger partial charge >= 0.3 is 0 Å². The molecular weight excluding hydrogens is 428 g/mol. The summed E-state index contributed by atoms with van der Waals surface area (Å²) in [5.74, 6) is 0.720. The van der Waals surface area contributed by atoms with E-state index in [9.17, 15) is 0 Å². The topological polar surface area (TPSA) is 38.9 Å². The van der Waals surface area contributed by atoms with E-state index in [2.05, 4.69) is 58.0 Å². The summed E-state index contributed by atoms with van der Waals surface area (Å²) < 4.78 is 10.00. The highest BCUT2D eigenvalue weighted by molar-refractivity contribution is 7.33. The van der Waals surface area contributed by atoms with Crippen molar-refractivity contribution in [3.05, 3.63) is 58.7 Å². The van der Waals surface area contributed by atoms with Crippen LogP contribution in [-0.2, 0) is 0 Å². The summed E-state index contributed by atoms with van der Waals surface area (Å²) in [4.78, 5) is 12.1. The summed E-state index contributed by atoms with van der Waals surface area (Å²) in [6, 6.07) is 12.6. The molecule has 4 aromatic heterocycles. The Balaban J connectivity index is 1.50. The number of oxazole rings is 1. The van der Waals surface area contributed by atoms with E-state index in [0.717, 1.165) is 32.4 Å². The van der Waals surface area contributed by atoms with Crippen molar-refractivity contribution < 1.29 is 4.42 Å². The summed E-state index contributed by atoms with van der Waals surface area (Å²) in [5, 5.41) is 1.11. The Morgan fingerprint density at radius 3 is 2.17 bits per heavy atom. The Morgan fingerprint density at radius 2 is 1.37 bits per heavy atom. The van der Waals surface area contributed by atoms with E-state index in [4.69, 9.17) is 14.4 Å². The van der Waals surface area contributed by atoms with E-state index in [1.807, 2.05) is 17.4 Å². The molecule has 3 nitrogen and oxygen atoms in total. The lowest BCUT2D eigenvalue weighted by atomic mass is 10.2. The molecular formula is C24H18N2OS3. The van der Waals surface area contributed by atoms with E-state index in [1.54, 1.807) is 22.7 Å². The number of aromatic nitrogens is 2.